The predicted octanol–water partition coefficient (Wildman–Crippen LogP) is 5.35. The molecule has 1 aliphatic heterocycles. The predicted molar refractivity (Wildman–Crippen MR) is 151 cm³/mol. The summed E-state index contributed by atoms with van der Waals surface area (Å²) in [6.45, 7) is 1.75. The highest BCUT2D eigenvalue weighted by Gasteiger charge is 2.42. The molecule has 2 N–H and O–H groups in total. The number of allylic oxidation sites excluding steroid dienone is 3. The lowest BCUT2D eigenvalue weighted by Crippen LogP contribution is -2.36. The van der Waals surface area contributed by atoms with Crippen LogP contribution in [0, 0.1) is 10.1 Å². The number of phenols is 1. The number of hydrogen-bond acceptors (Lipinski definition) is 10. The minimum absolute atomic E-state index is 0.0328. The third kappa shape index (κ3) is 5.66. The van der Waals surface area contributed by atoms with Gasteiger partial charge in [-0.15, -0.1) is 11.3 Å². The molecule has 3 aromatic rings. The number of aromatic hydroxyl groups is 1. The summed E-state index contributed by atoms with van der Waals surface area (Å²) < 4.78 is 16.4. The second-order valence-electron chi connectivity index (χ2n) is 9.68. The molecule has 1 aliphatic carbocycles. The number of Topliss-reactive ketones (excluding diaryl/α,β-unsaturated/α-hetero) is 1. The fourth-order valence-corrected chi connectivity index (χ4v) is 6.16. The summed E-state index contributed by atoms with van der Waals surface area (Å²) in [5.41, 5.74) is 1.28. The van der Waals surface area contributed by atoms with Crippen molar-refractivity contribution < 1.29 is 33.8 Å². The molecular weight excluding hydrogens is 548 g/mol. The number of benzene rings is 2. The summed E-state index contributed by atoms with van der Waals surface area (Å²) >= 11 is 1.58. The number of nitro benzene ring substituents is 1. The zero-order chi connectivity index (χ0) is 29.1. The lowest BCUT2D eigenvalue weighted by atomic mass is 9.72. The van der Waals surface area contributed by atoms with E-state index in [2.05, 4.69) is 5.32 Å². The molecule has 1 aromatic heterocycles. The monoisotopic (exact) mass is 576 g/mol. The maximum Gasteiger partial charge on any atom is 0.336 e. The van der Waals surface area contributed by atoms with Crippen LogP contribution in [0.5, 0.6) is 17.2 Å². The van der Waals surface area contributed by atoms with Crippen LogP contribution in [0.25, 0.3) is 0 Å². The maximum absolute atomic E-state index is 13.7. The number of dihydropyridines is 1. The number of nitro groups is 1. The third-order valence-corrected chi connectivity index (χ3v) is 8.18. The van der Waals surface area contributed by atoms with Gasteiger partial charge < -0.3 is 24.6 Å². The van der Waals surface area contributed by atoms with Crippen molar-refractivity contribution in [3.63, 3.8) is 0 Å². The molecule has 5 rings (SSSR count). The van der Waals surface area contributed by atoms with Gasteiger partial charge in [0.2, 0.25) is 5.75 Å². The minimum Gasteiger partial charge on any atom is -0.500 e. The largest absolute Gasteiger partial charge is 0.500 e. The SMILES string of the molecule is COc1cc([C@H]2C(C(=O)OCCOc3ccccc3)=C(C)NC3=C2C(=O)C[C@H](c2cccs2)C3)cc([N+](=O)[O-])c1O. The molecule has 0 unspecified atom stereocenters. The van der Waals surface area contributed by atoms with Gasteiger partial charge in [-0.2, -0.15) is 0 Å². The molecule has 0 radical (unpaired) electrons. The van der Waals surface area contributed by atoms with Crippen LogP contribution in [-0.4, -0.2) is 42.1 Å². The van der Waals surface area contributed by atoms with Gasteiger partial charge in [0.05, 0.1) is 17.6 Å². The Bertz CT molecular complexity index is 1550. The van der Waals surface area contributed by atoms with E-state index < -0.39 is 28.2 Å². The van der Waals surface area contributed by atoms with Crippen LogP contribution in [-0.2, 0) is 14.3 Å². The molecule has 2 aromatic carbocycles. The molecule has 0 spiro atoms. The summed E-state index contributed by atoms with van der Waals surface area (Å²) in [6.07, 6.45) is 0.751. The van der Waals surface area contributed by atoms with Gasteiger partial charge in [0.1, 0.15) is 19.0 Å². The van der Waals surface area contributed by atoms with E-state index in [4.69, 9.17) is 14.2 Å². The number of esters is 1. The van der Waals surface area contributed by atoms with E-state index in [0.29, 0.717) is 29.1 Å². The van der Waals surface area contributed by atoms with Gasteiger partial charge in [0.15, 0.2) is 11.5 Å². The number of carbonyl (C=O) groups excluding carboxylic acids is 2. The molecule has 2 aliphatic rings. The first-order valence-corrected chi connectivity index (χ1v) is 13.8. The Morgan fingerprint density at radius 2 is 1.93 bits per heavy atom. The minimum atomic E-state index is -0.973. The van der Waals surface area contributed by atoms with E-state index in [-0.39, 0.29) is 48.2 Å². The smallest absolute Gasteiger partial charge is 0.336 e. The van der Waals surface area contributed by atoms with E-state index >= 15 is 0 Å². The van der Waals surface area contributed by atoms with Crippen molar-refractivity contribution in [1.29, 1.82) is 0 Å². The van der Waals surface area contributed by atoms with Crippen LogP contribution in [0.15, 0.2) is 82.5 Å². The normalized spacial score (nSPS) is 18.4. The first-order chi connectivity index (χ1) is 19.8. The average molecular weight is 577 g/mol. The van der Waals surface area contributed by atoms with Crippen LogP contribution in [0.2, 0.25) is 0 Å². The molecule has 11 heteroatoms. The number of hydrogen-bond donors (Lipinski definition) is 2. The summed E-state index contributed by atoms with van der Waals surface area (Å²) in [4.78, 5) is 39.4. The molecular formula is C30H28N2O8S. The number of phenolic OH excluding ortho intramolecular Hbond substituents is 1. The molecule has 0 saturated carbocycles. The molecule has 10 nitrogen and oxygen atoms in total. The van der Waals surface area contributed by atoms with E-state index in [1.54, 1.807) is 30.4 Å². The Balaban J connectivity index is 1.51. The van der Waals surface area contributed by atoms with E-state index in [1.807, 2.05) is 35.7 Å². The number of methoxy groups -OCH3 is 1. The Morgan fingerprint density at radius 3 is 2.61 bits per heavy atom. The van der Waals surface area contributed by atoms with Crippen molar-refractivity contribution >= 4 is 28.8 Å². The van der Waals surface area contributed by atoms with Gasteiger partial charge in [-0.25, -0.2) is 4.79 Å². The summed E-state index contributed by atoms with van der Waals surface area (Å²) in [5, 5.41) is 27.4. The van der Waals surface area contributed by atoms with Gasteiger partial charge in [-0.05, 0) is 48.6 Å². The number of carbonyl (C=O) groups is 2. The molecule has 41 heavy (non-hydrogen) atoms. The lowest BCUT2D eigenvalue weighted by Gasteiger charge is -2.36. The number of para-hydroxylation sites is 1. The molecule has 2 heterocycles. The van der Waals surface area contributed by atoms with Crippen LogP contribution >= 0.6 is 11.3 Å². The Morgan fingerprint density at radius 1 is 1.15 bits per heavy atom. The highest BCUT2D eigenvalue weighted by atomic mass is 32.1. The van der Waals surface area contributed by atoms with Crippen LogP contribution in [0.1, 0.15) is 42.0 Å². The Kier molecular flexibility index (Phi) is 8.06. The molecule has 0 bridgehead atoms. The van der Waals surface area contributed by atoms with Crippen molar-refractivity contribution in [3.8, 4) is 17.2 Å². The number of nitrogens with one attached hydrogen (secondary N) is 1. The fourth-order valence-electron chi connectivity index (χ4n) is 5.33. The topological polar surface area (TPSA) is 137 Å². The van der Waals surface area contributed by atoms with Crippen molar-refractivity contribution in [2.75, 3.05) is 20.3 Å². The standard InChI is InChI=1S/C30H28N2O8S/c1-17-26(30(35)40-11-10-39-20-7-4-3-5-8-20)27(19-14-22(32(36)37)29(34)24(16-19)38-2)28-21(31-17)13-18(15-23(28)33)25-9-6-12-41-25/h3-9,12,14,16,18,27,31,34H,10-11,13,15H2,1-2H3/t18-,27+/m1/s1. The highest BCUT2D eigenvalue weighted by Crippen LogP contribution is 2.49. The number of thiophene rings is 1. The number of ketones is 1. The molecule has 212 valence electrons. The van der Waals surface area contributed by atoms with Gasteiger partial charge in [0, 0.05) is 46.2 Å². The quantitative estimate of drug-likeness (QED) is 0.149. The summed E-state index contributed by atoms with van der Waals surface area (Å²) in [7, 11) is 1.27. The average Bonchev–Trinajstić information content (AvgIpc) is 3.50. The van der Waals surface area contributed by atoms with Crippen molar-refractivity contribution in [3.05, 3.63) is 103 Å². The first kappa shape index (κ1) is 27.9. The van der Waals surface area contributed by atoms with Crippen LogP contribution in [0.4, 0.5) is 5.69 Å². The van der Waals surface area contributed by atoms with Crippen LogP contribution < -0.4 is 14.8 Å². The molecule has 0 amide bonds. The Labute approximate surface area is 240 Å². The zero-order valence-electron chi connectivity index (χ0n) is 22.4. The van der Waals surface area contributed by atoms with E-state index in [9.17, 15) is 24.8 Å². The van der Waals surface area contributed by atoms with Crippen molar-refractivity contribution in [2.24, 2.45) is 0 Å². The highest BCUT2D eigenvalue weighted by molar-refractivity contribution is 7.10. The summed E-state index contributed by atoms with van der Waals surface area (Å²) in [6, 6.07) is 15.6. The molecule has 0 saturated heterocycles. The van der Waals surface area contributed by atoms with Gasteiger partial charge in [-0.1, -0.05) is 24.3 Å². The third-order valence-electron chi connectivity index (χ3n) is 7.15. The first-order valence-electron chi connectivity index (χ1n) is 13.0. The molecule has 0 fully saturated rings. The number of ether oxygens (including phenoxy) is 3. The molecule has 2 atom stereocenters. The van der Waals surface area contributed by atoms with Gasteiger partial charge in [0.25, 0.3) is 0 Å². The van der Waals surface area contributed by atoms with Crippen LogP contribution in [0.3, 0.4) is 0 Å². The van der Waals surface area contributed by atoms with E-state index in [0.717, 1.165) is 4.88 Å². The lowest BCUT2D eigenvalue weighted by molar-refractivity contribution is -0.386. The Hall–Kier alpha value is -4.64. The number of rotatable bonds is 9. The maximum atomic E-state index is 13.7. The van der Waals surface area contributed by atoms with Gasteiger partial charge in [-0.3, -0.25) is 14.9 Å². The number of nitrogens with zero attached hydrogens (tertiary/aromatic N) is 1. The second-order valence-corrected chi connectivity index (χ2v) is 10.7. The summed E-state index contributed by atoms with van der Waals surface area (Å²) in [5.74, 6) is -2.03. The van der Waals surface area contributed by atoms with Crippen molar-refractivity contribution in [2.45, 2.75) is 31.6 Å². The fraction of sp³-hybridized carbons (Fsp3) is 0.267. The van der Waals surface area contributed by atoms with Crippen molar-refractivity contribution in [1.82, 2.24) is 5.32 Å². The second kappa shape index (κ2) is 11.8. The van der Waals surface area contributed by atoms with Gasteiger partial charge >= 0.3 is 11.7 Å². The van der Waals surface area contributed by atoms with E-state index in [1.165, 1.54) is 19.2 Å². The zero-order valence-corrected chi connectivity index (χ0v) is 23.2.